The Kier molecular flexibility index (Phi) is 5.36. The lowest BCUT2D eigenvalue weighted by Gasteiger charge is -2.21. The molecule has 0 bridgehead atoms. The van der Waals surface area contributed by atoms with Gasteiger partial charge in [-0.1, -0.05) is 37.2 Å². The first kappa shape index (κ1) is 20.2. The van der Waals surface area contributed by atoms with Crippen molar-refractivity contribution in [2.45, 2.75) is 13.8 Å². The molecule has 4 aromatic rings. The van der Waals surface area contributed by atoms with Crippen molar-refractivity contribution >= 4 is 28.2 Å². The van der Waals surface area contributed by atoms with E-state index in [9.17, 15) is 14.3 Å². The van der Waals surface area contributed by atoms with Gasteiger partial charge in [-0.25, -0.2) is 9.37 Å². The first-order chi connectivity index (χ1) is 14.4. The number of carbonyl (C=O) groups excluding carboxylic acids is 1. The van der Waals surface area contributed by atoms with Gasteiger partial charge in [0.25, 0.3) is 5.91 Å². The molecule has 2 N–H and O–H groups in total. The average molecular weight is 425 g/mol. The summed E-state index contributed by atoms with van der Waals surface area (Å²) in [6.45, 7) is 4.07. The molecule has 0 unspecified atom stereocenters. The monoisotopic (exact) mass is 425 g/mol. The quantitative estimate of drug-likeness (QED) is 0.475. The summed E-state index contributed by atoms with van der Waals surface area (Å²) in [7, 11) is 0. The van der Waals surface area contributed by atoms with Gasteiger partial charge in [0, 0.05) is 18.6 Å². The number of hydrogen-bond donors (Lipinski definition) is 2. The highest BCUT2D eigenvalue weighted by Crippen LogP contribution is 2.33. The summed E-state index contributed by atoms with van der Waals surface area (Å²) in [6.07, 6.45) is 1.51. The summed E-state index contributed by atoms with van der Waals surface area (Å²) in [4.78, 5) is 17.2. The van der Waals surface area contributed by atoms with Gasteiger partial charge in [0.05, 0.1) is 11.6 Å². The molecule has 1 amide bonds. The number of amides is 1. The number of halogens is 1. The van der Waals surface area contributed by atoms with E-state index in [1.165, 1.54) is 29.7 Å². The molecule has 8 heteroatoms. The van der Waals surface area contributed by atoms with Gasteiger partial charge in [0.2, 0.25) is 0 Å². The van der Waals surface area contributed by atoms with Crippen LogP contribution in [-0.2, 0) is 0 Å². The summed E-state index contributed by atoms with van der Waals surface area (Å²) >= 11 is 1.22. The summed E-state index contributed by atoms with van der Waals surface area (Å²) in [5.74, 6) is -0.531. The van der Waals surface area contributed by atoms with Crippen molar-refractivity contribution in [3.8, 4) is 21.8 Å². The first-order valence-corrected chi connectivity index (χ1v) is 10.2. The zero-order chi connectivity index (χ0) is 21.3. The van der Waals surface area contributed by atoms with Crippen LogP contribution in [0, 0.1) is 11.2 Å². The molecular formula is C22H20FN3O3S. The van der Waals surface area contributed by atoms with Crippen LogP contribution >= 0.6 is 11.3 Å². The van der Waals surface area contributed by atoms with Crippen molar-refractivity contribution in [1.29, 1.82) is 0 Å². The average Bonchev–Trinajstić information content (AvgIpc) is 3.39. The third-order valence-electron chi connectivity index (χ3n) is 4.74. The number of nitrogens with zero attached hydrogens (tertiary/aromatic N) is 2. The Hall–Kier alpha value is -3.10. The van der Waals surface area contributed by atoms with E-state index < -0.39 is 5.41 Å². The minimum atomic E-state index is -0.395. The number of benzene rings is 2. The fourth-order valence-electron chi connectivity index (χ4n) is 2.86. The van der Waals surface area contributed by atoms with E-state index >= 15 is 0 Å². The fourth-order valence-corrected chi connectivity index (χ4v) is 3.69. The maximum absolute atomic E-state index is 13.2. The van der Waals surface area contributed by atoms with Gasteiger partial charge in [-0.2, -0.15) is 0 Å². The van der Waals surface area contributed by atoms with E-state index in [0.717, 1.165) is 16.5 Å². The van der Waals surface area contributed by atoms with Gasteiger partial charge in [0.15, 0.2) is 5.58 Å². The number of aliphatic hydroxyl groups excluding tert-OH is 1. The van der Waals surface area contributed by atoms with Crippen molar-refractivity contribution in [2.75, 3.05) is 13.2 Å². The number of nitrogens with one attached hydrogen (secondary N) is 1. The fraction of sp³-hybridized carbons (Fsp3) is 0.227. The van der Waals surface area contributed by atoms with E-state index in [0.29, 0.717) is 27.7 Å². The molecule has 0 fully saturated rings. The maximum Gasteiger partial charge on any atom is 0.263 e. The van der Waals surface area contributed by atoms with Crippen molar-refractivity contribution in [2.24, 2.45) is 5.41 Å². The molecule has 0 aliphatic rings. The number of aromatic nitrogens is 2. The highest BCUT2D eigenvalue weighted by molar-refractivity contribution is 7.17. The number of carbonyl (C=O) groups is 1. The second-order valence-corrected chi connectivity index (χ2v) is 8.81. The van der Waals surface area contributed by atoms with Crippen LogP contribution in [0.2, 0.25) is 0 Å². The minimum absolute atomic E-state index is 0.0218. The predicted molar refractivity (Wildman–Crippen MR) is 114 cm³/mol. The molecule has 0 radical (unpaired) electrons. The van der Waals surface area contributed by atoms with Crippen LogP contribution in [0.25, 0.3) is 32.8 Å². The van der Waals surface area contributed by atoms with Crippen LogP contribution in [0.1, 0.15) is 23.5 Å². The van der Waals surface area contributed by atoms with Crippen molar-refractivity contribution < 1.29 is 18.8 Å². The zero-order valence-electron chi connectivity index (χ0n) is 16.5. The molecule has 2 aromatic carbocycles. The van der Waals surface area contributed by atoms with E-state index in [4.69, 9.17) is 4.52 Å². The molecule has 6 nitrogen and oxygen atoms in total. The summed E-state index contributed by atoms with van der Waals surface area (Å²) in [6, 6.07) is 11.9. The SMILES string of the molecule is CC(C)(CO)CNC(=O)c1cnc(-c2noc3cc(-c4ccc(F)cc4)ccc23)s1. The highest BCUT2D eigenvalue weighted by atomic mass is 32.1. The summed E-state index contributed by atoms with van der Waals surface area (Å²) < 4.78 is 18.6. The van der Waals surface area contributed by atoms with Gasteiger partial charge >= 0.3 is 0 Å². The summed E-state index contributed by atoms with van der Waals surface area (Å²) in [5, 5.41) is 17.6. The van der Waals surface area contributed by atoms with Gasteiger partial charge in [-0.05, 0) is 35.4 Å². The molecule has 0 saturated carbocycles. The summed E-state index contributed by atoms with van der Waals surface area (Å²) in [5.41, 5.74) is 2.51. The second-order valence-electron chi connectivity index (χ2n) is 7.78. The Morgan fingerprint density at radius 2 is 1.93 bits per heavy atom. The van der Waals surface area contributed by atoms with Crippen molar-refractivity contribution in [3.05, 3.63) is 59.4 Å². The Balaban J connectivity index is 1.57. The van der Waals surface area contributed by atoms with E-state index in [1.54, 1.807) is 12.1 Å². The van der Waals surface area contributed by atoms with Gasteiger partial charge < -0.3 is 14.9 Å². The molecule has 154 valence electrons. The standard InChI is InChI=1S/C22H20FN3O3S/c1-22(2,12-27)11-25-20(28)18-10-24-21(30-18)19-16-8-5-14(9-17(16)29-26-19)13-3-6-15(23)7-4-13/h3-10,27H,11-12H2,1-2H3,(H,25,28). The van der Waals surface area contributed by atoms with Crippen LogP contribution in [0.4, 0.5) is 4.39 Å². The lowest BCUT2D eigenvalue weighted by Crippen LogP contribution is -2.35. The molecule has 30 heavy (non-hydrogen) atoms. The highest BCUT2D eigenvalue weighted by Gasteiger charge is 2.21. The minimum Gasteiger partial charge on any atom is -0.396 e. The number of aliphatic hydroxyl groups is 1. The van der Waals surface area contributed by atoms with E-state index in [1.807, 2.05) is 32.0 Å². The third-order valence-corrected chi connectivity index (χ3v) is 5.74. The van der Waals surface area contributed by atoms with Crippen LogP contribution in [0.3, 0.4) is 0 Å². The number of hydrogen-bond acceptors (Lipinski definition) is 6. The van der Waals surface area contributed by atoms with Crippen LogP contribution in [-0.4, -0.2) is 34.3 Å². The largest absolute Gasteiger partial charge is 0.396 e. The van der Waals surface area contributed by atoms with Gasteiger partial charge in [-0.15, -0.1) is 11.3 Å². The molecule has 0 atom stereocenters. The molecule has 0 spiro atoms. The Labute approximate surface area is 176 Å². The molecule has 0 saturated heterocycles. The molecular weight excluding hydrogens is 405 g/mol. The second kappa shape index (κ2) is 7.97. The smallest absolute Gasteiger partial charge is 0.263 e. The molecule has 0 aliphatic heterocycles. The predicted octanol–water partition coefficient (Wildman–Crippen LogP) is 4.51. The maximum atomic E-state index is 13.2. The lowest BCUT2D eigenvalue weighted by molar-refractivity contribution is 0.0915. The topological polar surface area (TPSA) is 88.2 Å². The van der Waals surface area contributed by atoms with Crippen LogP contribution in [0.15, 0.2) is 53.2 Å². The zero-order valence-corrected chi connectivity index (χ0v) is 17.3. The first-order valence-electron chi connectivity index (χ1n) is 9.37. The Bertz CT molecular complexity index is 1200. The van der Waals surface area contributed by atoms with E-state index in [-0.39, 0.29) is 18.3 Å². The van der Waals surface area contributed by atoms with Crippen molar-refractivity contribution in [3.63, 3.8) is 0 Å². The Morgan fingerprint density at radius 3 is 2.67 bits per heavy atom. The van der Waals surface area contributed by atoms with Gasteiger partial charge in [0.1, 0.15) is 21.4 Å². The van der Waals surface area contributed by atoms with Crippen molar-refractivity contribution in [1.82, 2.24) is 15.5 Å². The number of fused-ring (bicyclic) bond motifs is 1. The Morgan fingerprint density at radius 1 is 1.20 bits per heavy atom. The molecule has 0 aliphatic carbocycles. The molecule has 2 heterocycles. The third kappa shape index (κ3) is 4.10. The van der Waals surface area contributed by atoms with Crippen LogP contribution in [0.5, 0.6) is 0 Å². The van der Waals surface area contributed by atoms with Gasteiger partial charge in [-0.3, -0.25) is 4.79 Å². The molecule has 4 rings (SSSR count). The normalized spacial score (nSPS) is 11.7. The van der Waals surface area contributed by atoms with E-state index in [2.05, 4.69) is 15.5 Å². The number of rotatable bonds is 6. The number of thiazole rings is 1. The van der Waals surface area contributed by atoms with Crippen LogP contribution < -0.4 is 5.32 Å². The molecule has 2 aromatic heterocycles. The lowest BCUT2D eigenvalue weighted by atomic mass is 9.95.